The molecule has 53 heavy (non-hydrogen) atoms. The monoisotopic (exact) mass is 741 g/mol. The molecule has 2 unspecified atom stereocenters. The van der Waals surface area contributed by atoms with Crippen LogP contribution in [0.2, 0.25) is 0 Å². The average Bonchev–Trinajstić information content (AvgIpc) is 3.62. The maximum Gasteiger partial charge on any atom is 0.271 e. The summed E-state index contributed by atoms with van der Waals surface area (Å²) in [6.45, 7) is 14.9. The first-order valence-electron chi connectivity index (χ1n) is 18.4. The molecule has 0 saturated carbocycles. The van der Waals surface area contributed by atoms with Crippen molar-refractivity contribution in [2.75, 3.05) is 58.8 Å². The Morgan fingerprint density at radius 2 is 1.89 bits per heavy atom. The molecule has 0 bridgehead atoms. The molecule has 1 fully saturated rings. The van der Waals surface area contributed by atoms with Gasteiger partial charge in [0.1, 0.15) is 11.5 Å². The summed E-state index contributed by atoms with van der Waals surface area (Å²) in [6, 6.07) is 15.7. The Morgan fingerprint density at radius 3 is 2.64 bits per heavy atom. The van der Waals surface area contributed by atoms with Crippen molar-refractivity contribution < 1.29 is 23.4 Å². The number of aromatic nitrogens is 1. The number of halogens is 1. The predicted molar refractivity (Wildman–Crippen MR) is 214 cm³/mol. The summed E-state index contributed by atoms with van der Waals surface area (Å²) in [5.41, 5.74) is 3.29. The number of methoxy groups -OCH3 is 2. The molecule has 1 amide bonds. The standard InChI is InChI=1S/C33H32FN3O4S.C9H20N2/c1-20-9-10-23(17-30(20)40-4)31-19-26-32(42-31)29(14-16-36-26)41-28-12-11-24(18-25(28)34)37-33(38)21(2)35-15-13-22-7-5-6-8-27(22)39-3;1-2-3-4-7-11-8-5-10-6-9-11/h5-12,14,16-20,30,35H,2,13,15H2,1,3-4H3,(H,37,38);10H,2-9H2,1H3. The summed E-state index contributed by atoms with van der Waals surface area (Å²) in [5.74, 6) is 0.540. The van der Waals surface area contributed by atoms with Gasteiger partial charge in [0, 0.05) is 74.6 Å². The molecule has 1 aliphatic carbocycles. The number of rotatable bonds is 15. The highest BCUT2D eigenvalue weighted by atomic mass is 32.1. The molecule has 2 aliphatic rings. The van der Waals surface area contributed by atoms with E-state index in [0.717, 1.165) is 32.0 Å². The SMILES string of the molecule is C=C(NCCc1ccccc1OC)C(=O)Nc1ccc(Oc2ccnc3cc(C4=CC(OC)C(C)C=C4)sc23)c(F)c1.CCCCCN1CCNCC1. The lowest BCUT2D eigenvalue weighted by Gasteiger charge is -2.26. The zero-order valence-corrected chi connectivity index (χ0v) is 32.1. The number of carbonyl (C=O) groups is 1. The van der Waals surface area contributed by atoms with Gasteiger partial charge in [-0.25, -0.2) is 4.39 Å². The van der Waals surface area contributed by atoms with E-state index >= 15 is 4.39 Å². The average molecular weight is 742 g/mol. The summed E-state index contributed by atoms with van der Waals surface area (Å²) < 4.78 is 32.8. The number of fused-ring (bicyclic) bond motifs is 1. The van der Waals surface area contributed by atoms with Crippen molar-refractivity contribution in [2.24, 2.45) is 5.92 Å². The number of ether oxygens (including phenoxy) is 3. The molecule has 0 spiro atoms. The molecule has 1 aliphatic heterocycles. The topological polar surface area (TPSA) is 97.0 Å². The van der Waals surface area contributed by atoms with Crippen LogP contribution in [0.25, 0.3) is 15.8 Å². The minimum atomic E-state index is -0.612. The van der Waals surface area contributed by atoms with Gasteiger partial charge in [-0.3, -0.25) is 9.78 Å². The summed E-state index contributed by atoms with van der Waals surface area (Å²) >= 11 is 1.53. The van der Waals surface area contributed by atoms with Gasteiger partial charge < -0.3 is 35.1 Å². The molecule has 3 heterocycles. The first kappa shape index (κ1) is 39.7. The number of hydrogen-bond acceptors (Lipinski definition) is 9. The third-order valence-electron chi connectivity index (χ3n) is 9.27. The van der Waals surface area contributed by atoms with Gasteiger partial charge in [0.05, 0.1) is 29.1 Å². The van der Waals surface area contributed by atoms with Crippen molar-refractivity contribution in [1.29, 1.82) is 0 Å². The van der Waals surface area contributed by atoms with Crippen LogP contribution in [0.4, 0.5) is 10.1 Å². The second kappa shape index (κ2) is 20.1. The number of piperazine rings is 1. The molecular formula is C42H52FN5O4S. The lowest BCUT2D eigenvalue weighted by molar-refractivity contribution is -0.113. The fourth-order valence-electron chi connectivity index (χ4n) is 6.18. The fourth-order valence-corrected chi connectivity index (χ4v) is 7.25. The summed E-state index contributed by atoms with van der Waals surface area (Å²) in [6.07, 6.45) is 12.7. The van der Waals surface area contributed by atoms with Gasteiger partial charge in [0.25, 0.3) is 5.91 Å². The van der Waals surface area contributed by atoms with E-state index in [2.05, 4.69) is 64.5 Å². The molecule has 1 saturated heterocycles. The third kappa shape index (κ3) is 11.2. The summed E-state index contributed by atoms with van der Waals surface area (Å²) in [7, 11) is 3.33. The molecule has 2 aromatic heterocycles. The number of nitrogens with zero attached hydrogens (tertiary/aromatic N) is 2. The number of pyridine rings is 1. The molecule has 2 aromatic carbocycles. The van der Waals surface area contributed by atoms with Crippen LogP contribution in [0.1, 0.15) is 43.6 Å². The number of hydrogen-bond donors (Lipinski definition) is 3. The van der Waals surface area contributed by atoms with Crippen molar-refractivity contribution in [1.82, 2.24) is 20.5 Å². The Labute approximate surface area is 316 Å². The number of amides is 1. The lowest BCUT2D eigenvalue weighted by atomic mass is 9.95. The Morgan fingerprint density at radius 1 is 1.08 bits per heavy atom. The van der Waals surface area contributed by atoms with Crippen molar-refractivity contribution in [3.05, 3.63) is 108 Å². The molecular weight excluding hydrogens is 690 g/mol. The van der Waals surface area contributed by atoms with Crippen LogP contribution in [0.15, 0.2) is 91.3 Å². The van der Waals surface area contributed by atoms with E-state index in [1.54, 1.807) is 32.5 Å². The molecule has 6 rings (SSSR count). The molecule has 3 N–H and O–H groups in total. The number of allylic oxidation sites excluding steroid dienone is 2. The van der Waals surface area contributed by atoms with Crippen LogP contribution in [-0.4, -0.2) is 75.4 Å². The number of nitrogens with one attached hydrogen (secondary N) is 3. The normalized spacial score (nSPS) is 17.0. The number of para-hydroxylation sites is 1. The van der Waals surface area contributed by atoms with E-state index in [9.17, 15) is 4.79 Å². The number of unbranched alkanes of at least 4 members (excludes halogenated alkanes) is 2. The summed E-state index contributed by atoms with van der Waals surface area (Å²) in [5, 5.41) is 9.05. The largest absolute Gasteiger partial charge is 0.496 e. The van der Waals surface area contributed by atoms with Crippen molar-refractivity contribution in [2.45, 2.75) is 45.6 Å². The Kier molecular flexibility index (Phi) is 15.0. The molecule has 9 nitrogen and oxygen atoms in total. The van der Waals surface area contributed by atoms with Gasteiger partial charge in [-0.15, -0.1) is 11.3 Å². The van der Waals surface area contributed by atoms with Gasteiger partial charge in [-0.05, 0) is 60.9 Å². The zero-order valence-electron chi connectivity index (χ0n) is 31.3. The van der Waals surface area contributed by atoms with E-state index in [4.69, 9.17) is 14.2 Å². The first-order chi connectivity index (χ1) is 25.8. The van der Waals surface area contributed by atoms with E-state index in [1.165, 1.54) is 75.5 Å². The van der Waals surface area contributed by atoms with Crippen molar-refractivity contribution in [3.8, 4) is 17.2 Å². The Balaban J connectivity index is 0.000000422. The maximum absolute atomic E-state index is 15.1. The minimum Gasteiger partial charge on any atom is -0.496 e. The van der Waals surface area contributed by atoms with Gasteiger partial charge in [-0.1, -0.05) is 63.6 Å². The second-order valence-corrected chi connectivity index (χ2v) is 14.2. The van der Waals surface area contributed by atoms with Crippen molar-refractivity contribution in [3.63, 3.8) is 0 Å². The van der Waals surface area contributed by atoms with E-state index in [0.29, 0.717) is 24.6 Å². The first-order valence-corrected chi connectivity index (χ1v) is 19.2. The van der Waals surface area contributed by atoms with E-state index < -0.39 is 11.7 Å². The van der Waals surface area contributed by atoms with Crippen molar-refractivity contribution >= 4 is 38.7 Å². The van der Waals surface area contributed by atoms with Crippen LogP contribution < -0.4 is 25.4 Å². The van der Waals surface area contributed by atoms with Crippen LogP contribution >= 0.6 is 11.3 Å². The van der Waals surface area contributed by atoms with Crippen LogP contribution in [0, 0.1) is 11.7 Å². The highest BCUT2D eigenvalue weighted by Crippen LogP contribution is 2.39. The van der Waals surface area contributed by atoms with Crippen LogP contribution in [-0.2, 0) is 16.0 Å². The van der Waals surface area contributed by atoms with Gasteiger partial charge in [-0.2, -0.15) is 0 Å². The Hall–Kier alpha value is -4.55. The van der Waals surface area contributed by atoms with E-state index in [-0.39, 0.29) is 23.2 Å². The van der Waals surface area contributed by atoms with Gasteiger partial charge in [0.2, 0.25) is 0 Å². The van der Waals surface area contributed by atoms with E-state index in [1.807, 2.05) is 30.3 Å². The molecule has 2 atom stereocenters. The molecule has 282 valence electrons. The quantitative estimate of drug-likeness (QED) is 0.0830. The predicted octanol–water partition coefficient (Wildman–Crippen LogP) is 8.21. The maximum atomic E-state index is 15.1. The Bertz CT molecular complexity index is 1890. The summed E-state index contributed by atoms with van der Waals surface area (Å²) in [4.78, 5) is 20.7. The van der Waals surface area contributed by atoms with Crippen LogP contribution in [0.5, 0.6) is 17.2 Å². The second-order valence-electron chi connectivity index (χ2n) is 13.1. The number of thiophene rings is 1. The molecule has 11 heteroatoms. The molecule has 0 radical (unpaired) electrons. The third-order valence-corrected chi connectivity index (χ3v) is 10.5. The highest BCUT2D eigenvalue weighted by Gasteiger charge is 2.20. The van der Waals surface area contributed by atoms with Gasteiger partial charge >= 0.3 is 0 Å². The minimum absolute atomic E-state index is 0.00154. The number of benzene rings is 2. The van der Waals surface area contributed by atoms with Crippen LogP contribution in [0.3, 0.4) is 0 Å². The number of carbonyl (C=O) groups excluding carboxylic acids is 1. The fraction of sp³-hybridized carbons (Fsp3) is 0.381. The highest BCUT2D eigenvalue weighted by molar-refractivity contribution is 7.20. The molecule has 4 aromatic rings. The lowest BCUT2D eigenvalue weighted by Crippen LogP contribution is -2.43. The smallest absolute Gasteiger partial charge is 0.271 e. The zero-order chi connectivity index (χ0) is 37.6. The van der Waals surface area contributed by atoms with Gasteiger partial charge in [0.15, 0.2) is 11.6 Å². The number of anilines is 1.